The zero-order valence-corrected chi connectivity index (χ0v) is 13.2. The van der Waals surface area contributed by atoms with Gasteiger partial charge in [0.15, 0.2) is 5.65 Å². The molecule has 6 nitrogen and oxygen atoms in total. The standard InChI is InChI=1S/C18H16N6/c1-13(19-17-11-12-18-20-22-23-24(18)21-17)14-7-9-16(10-8-14)15-5-3-2-4-6-15/h2-13H,1H3,(H,19,21). The highest BCUT2D eigenvalue weighted by Gasteiger charge is 2.08. The van der Waals surface area contributed by atoms with Crippen LogP contribution >= 0.6 is 0 Å². The van der Waals surface area contributed by atoms with E-state index >= 15 is 0 Å². The Balaban J connectivity index is 1.52. The van der Waals surface area contributed by atoms with Crippen LogP contribution in [0.1, 0.15) is 18.5 Å². The number of anilines is 1. The fourth-order valence-corrected chi connectivity index (χ4v) is 2.63. The molecule has 6 heteroatoms. The molecule has 2 aromatic heterocycles. The normalized spacial score (nSPS) is 12.2. The number of nitrogens with zero attached hydrogens (tertiary/aromatic N) is 5. The fourth-order valence-electron chi connectivity index (χ4n) is 2.63. The molecule has 0 aliphatic carbocycles. The average molecular weight is 316 g/mol. The van der Waals surface area contributed by atoms with E-state index in [0.717, 1.165) is 5.82 Å². The summed E-state index contributed by atoms with van der Waals surface area (Å²) in [4.78, 5) is 0. The molecule has 4 aromatic rings. The summed E-state index contributed by atoms with van der Waals surface area (Å²) in [6.07, 6.45) is 0. The van der Waals surface area contributed by atoms with Crippen LogP contribution < -0.4 is 5.32 Å². The van der Waals surface area contributed by atoms with Crippen LogP contribution in [0.5, 0.6) is 0 Å². The molecule has 1 unspecified atom stereocenters. The summed E-state index contributed by atoms with van der Waals surface area (Å²) in [7, 11) is 0. The molecule has 0 amide bonds. The second-order valence-electron chi connectivity index (χ2n) is 5.60. The molecular weight excluding hydrogens is 300 g/mol. The molecular formula is C18H16N6. The monoisotopic (exact) mass is 316 g/mol. The molecule has 0 saturated carbocycles. The van der Waals surface area contributed by atoms with Crippen molar-refractivity contribution in [2.45, 2.75) is 13.0 Å². The Morgan fingerprint density at radius 3 is 2.42 bits per heavy atom. The minimum absolute atomic E-state index is 0.122. The number of tetrazole rings is 1. The molecule has 24 heavy (non-hydrogen) atoms. The van der Waals surface area contributed by atoms with Crippen LogP contribution in [0.15, 0.2) is 66.7 Å². The molecule has 0 aliphatic heterocycles. The van der Waals surface area contributed by atoms with Crippen molar-refractivity contribution in [3.05, 3.63) is 72.3 Å². The van der Waals surface area contributed by atoms with Crippen molar-refractivity contribution in [1.29, 1.82) is 0 Å². The average Bonchev–Trinajstić information content (AvgIpc) is 3.10. The fraction of sp³-hybridized carbons (Fsp3) is 0.111. The SMILES string of the molecule is CC(Nc1ccc2nnnn2n1)c1ccc(-c2ccccc2)cc1. The summed E-state index contributed by atoms with van der Waals surface area (Å²) in [6, 6.07) is 22.7. The number of hydrogen-bond acceptors (Lipinski definition) is 5. The Kier molecular flexibility index (Phi) is 3.63. The van der Waals surface area contributed by atoms with Crippen LogP contribution in [0.25, 0.3) is 16.8 Å². The highest BCUT2D eigenvalue weighted by Crippen LogP contribution is 2.23. The smallest absolute Gasteiger partial charge is 0.200 e. The maximum absolute atomic E-state index is 4.34. The molecule has 0 fully saturated rings. The molecule has 2 aromatic carbocycles. The summed E-state index contributed by atoms with van der Waals surface area (Å²) in [6.45, 7) is 2.10. The van der Waals surface area contributed by atoms with Crippen molar-refractivity contribution in [2.24, 2.45) is 0 Å². The molecule has 0 spiro atoms. The van der Waals surface area contributed by atoms with E-state index in [1.807, 2.05) is 30.3 Å². The molecule has 118 valence electrons. The van der Waals surface area contributed by atoms with Crippen LogP contribution in [0.4, 0.5) is 5.82 Å². The van der Waals surface area contributed by atoms with Gasteiger partial charge in [0.25, 0.3) is 0 Å². The van der Waals surface area contributed by atoms with Crippen molar-refractivity contribution in [3.63, 3.8) is 0 Å². The first kappa shape index (κ1) is 14.3. The van der Waals surface area contributed by atoms with Crippen molar-refractivity contribution in [2.75, 3.05) is 5.32 Å². The molecule has 1 N–H and O–H groups in total. The summed E-state index contributed by atoms with van der Waals surface area (Å²) >= 11 is 0. The minimum Gasteiger partial charge on any atom is -0.362 e. The molecule has 0 bridgehead atoms. The summed E-state index contributed by atoms with van der Waals surface area (Å²) in [5.74, 6) is 0.731. The third-order valence-electron chi connectivity index (χ3n) is 3.95. The van der Waals surface area contributed by atoms with Gasteiger partial charge >= 0.3 is 0 Å². The highest BCUT2D eigenvalue weighted by molar-refractivity contribution is 5.63. The summed E-state index contributed by atoms with van der Waals surface area (Å²) in [5, 5.41) is 19.0. The third kappa shape index (κ3) is 2.81. The van der Waals surface area contributed by atoms with Crippen LogP contribution in [0.3, 0.4) is 0 Å². The van der Waals surface area contributed by atoms with E-state index in [0.29, 0.717) is 5.65 Å². The first-order valence-corrected chi connectivity index (χ1v) is 7.77. The summed E-state index contributed by atoms with van der Waals surface area (Å²) in [5.41, 5.74) is 4.24. The first-order chi connectivity index (χ1) is 11.8. The van der Waals surface area contributed by atoms with Crippen molar-refractivity contribution < 1.29 is 0 Å². The lowest BCUT2D eigenvalue weighted by Crippen LogP contribution is -2.09. The quantitative estimate of drug-likeness (QED) is 0.625. The van der Waals surface area contributed by atoms with E-state index in [9.17, 15) is 0 Å². The lowest BCUT2D eigenvalue weighted by Gasteiger charge is -2.15. The second kappa shape index (κ2) is 6.08. The molecule has 4 rings (SSSR count). The van der Waals surface area contributed by atoms with Gasteiger partial charge in [-0.05, 0) is 46.2 Å². The Hall–Kier alpha value is -3.28. The van der Waals surface area contributed by atoms with E-state index in [2.05, 4.69) is 69.3 Å². The van der Waals surface area contributed by atoms with Crippen LogP contribution in [0, 0.1) is 0 Å². The van der Waals surface area contributed by atoms with Gasteiger partial charge in [-0.2, -0.15) is 0 Å². The molecule has 2 heterocycles. The Labute approximate surface area is 139 Å². The van der Waals surface area contributed by atoms with Gasteiger partial charge in [0, 0.05) is 6.04 Å². The zero-order chi connectivity index (χ0) is 16.4. The Bertz CT molecular complexity index is 946. The van der Waals surface area contributed by atoms with E-state index in [1.54, 1.807) is 0 Å². The predicted octanol–water partition coefficient (Wildman–Crippen LogP) is 3.36. The van der Waals surface area contributed by atoms with Crippen LogP contribution in [-0.4, -0.2) is 25.3 Å². The maximum atomic E-state index is 4.34. The zero-order valence-electron chi connectivity index (χ0n) is 13.2. The molecule has 0 radical (unpaired) electrons. The van der Waals surface area contributed by atoms with Gasteiger partial charge in [0.2, 0.25) is 0 Å². The Morgan fingerprint density at radius 2 is 1.62 bits per heavy atom. The van der Waals surface area contributed by atoms with Gasteiger partial charge in [0.1, 0.15) is 5.82 Å². The van der Waals surface area contributed by atoms with Gasteiger partial charge < -0.3 is 5.32 Å². The lowest BCUT2D eigenvalue weighted by atomic mass is 10.0. The lowest BCUT2D eigenvalue weighted by molar-refractivity contribution is 0.728. The van der Waals surface area contributed by atoms with Crippen molar-refractivity contribution in [3.8, 4) is 11.1 Å². The molecule has 0 aliphatic rings. The number of hydrogen-bond donors (Lipinski definition) is 1. The number of rotatable bonds is 4. The van der Waals surface area contributed by atoms with E-state index < -0.39 is 0 Å². The van der Waals surface area contributed by atoms with Crippen LogP contribution in [0.2, 0.25) is 0 Å². The number of aromatic nitrogens is 5. The minimum atomic E-state index is 0.122. The van der Waals surface area contributed by atoms with Gasteiger partial charge in [-0.1, -0.05) is 54.6 Å². The van der Waals surface area contributed by atoms with Crippen molar-refractivity contribution in [1.82, 2.24) is 25.3 Å². The molecule has 0 saturated heterocycles. The van der Waals surface area contributed by atoms with Gasteiger partial charge in [-0.25, -0.2) is 0 Å². The number of benzene rings is 2. The molecule has 1 atom stereocenters. The van der Waals surface area contributed by atoms with Crippen LogP contribution in [-0.2, 0) is 0 Å². The predicted molar refractivity (Wildman–Crippen MR) is 92.5 cm³/mol. The Morgan fingerprint density at radius 1 is 0.875 bits per heavy atom. The van der Waals surface area contributed by atoms with Gasteiger partial charge in [-0.3, -0.25) is 0 Å². The first-order valence-electron chi connectivity index (χ1n) is 7.77. The number of fused-ring (bicyclic) bond motifs is 1. The van der Waals surface area contributed by atoms with Gasteiger partial charge in [0.05, 0.1) is 0 Å². The number of nitrogens with one attached hydrogen (secondary N) is 1. The second-order valence-corrected chi connectivity index (χ2v) is 5.60. The largest absolute Gasteiger partial charge is 0.362 e. The summed E-state index contributed by atoms with van der Waals surface area (Å²) < 4.78 is 1.41. The highest BCUT2D eigenvalue weighted by atomic mass is 15.6. The van der Waals surface area contributed by atoms with E-state index in [-0.39, 0.29) is 6.04 Å². The topological polar surface area (TPSA) is 68.0 Å². The van der Waals surface area contributed by atoms with E-state index in [1.165, 1.54) is 21.3 Å². The van der Waals surface area contributed by atoms with E-state index in [4.69, 9.17) is 0 Å². The maximum Gasteiger partial charge on any atom is 0.200 e. The van der Waals surface area contributed by atoms with Gasteiger partial charge in [-0.15, -0.1) is 14.8 Å². The third-order valence-corrected chi connectivity index (χ3v) is 3.95. The van der Waals surface area contributed by atoms with Crippen molar-refractivity contribution >= 4 is 11.5 Å².